The van der Waals surface area contributed by atoms with Crippen molar-refractivity contribution in [2.75, 3.05) is 25.6 Å². The number of ether oxygens (including phenoxy) is 1. The first-order chi connectivity index (χ1) is 9.02. The van der Waals surface area contributed by atoms with Crippen LogP contribution >= 0.6 is 0 Å². The Labute approximate surface area is 115 Å². The molecule has 0 bridgehead atoms. The summed E-state index contributed by atoms with van der Waals surface area (Å²) in [6.45, 7) is 7.62. The molecule has 4 heteroatoms. The lowest BCUT2D eigenvalue weighted by atomic mass is 10.1. The van der Waals surface area contributed by atoms with Gasteiger partial charge in [0.1, 0.15) is 0 Å². The van der Waals surface area contributed by atoms with Crippen LogP contribution < -0.4 is 10.6 Å². The summed E-state index contributed by atoms with van der Waals surface area (Å²) in [6.07, 6.45) is 0. The van der Waals surface area contributed by atoms with Crippen molar-refractivity contribution >= 4 is 11.6 Å². The van der Waals surface area contributed by atoms with Crippen molar-refractivity contribution in [2.45, 2.75) is 26.8 Å². The molecule has 0 aliphatic heterocycles. The van der Waals surface area contributed by atoms with E-state index in [0.29, 0.717) is 11.5 Å². The highest BCUT2D eigenvalue weighted by atomic mass is 16.5. The van der Waals surface area contributed by atoms with E-state index >= 15 is 0 Å². The zero-order valence-corrected chi connectivity index (χ0v) is 12.2. The van der Waals surface area contributed by atoms with Crippen LogP contribution in [0.25, 0.3) is 0 Å². The van der Waals surface area contributed by atoms with Gasteiger partial charge in [-0.2, -0.15) is 0 Å². The number of nitrogens with one attached hydrogen (secondary N) is 2. The minimum Gasteiger partial charge on any atom is -0.385 e. The van der Waals surface area contributed by atoms with Gasteiger partial charge in [0, 0.05) is 30.9 Å². The maximum absolute atomic E-state index is 11.8. The fraction of sp³-hybridized carbons (Fsp3) is 0.533. The Morgan fingerprint density at radius 3 is 2.37 bits per heavy atom. The van der Waals surface area contributed by atoms with Crippen molar-refractivity contribution in [3.63, 3.8) is 0 Å². The zero-order chi connectivity index (χ0) is 14.3. The molecular weight excluding hydrogens is 240 g/mol. The van der Waals surface area contributed by atoms with Gasteiger partial charge in [0.15, 0.2) is 0 Å². The SMILES string of the molecule is COCC(C)CNc1ccc(C(=O)NC(C)C)cc1. The van der Waals surface area contributed by atoms with Gasteiger partial charge in [0.25, 0.3) is 5.91 Å². The molecule has 0 saturated heterocycles. The number of carbonyl (C=O) groups excluding carboxylic acids is 1. The summed E-state index contributed by atoms with van der Waals surface area (Å²) in [4.78, 5) is 11.8. The zero-order valence-electron chi connectivity index (χ0n) is 12.2. The topological polar surface area (TPSA) is 50.4 Å². The van der Waals surface area contributed by atoms with Crippen LogP contribution in [0.4, 0.5) is 5.69 Å². The number of anilines is 1. The van der Waals surface area contributed by atoms with Crippen LogP contribution in [0.3, 0.4) is 0 Å². The van der Waals surface area contributed by atoms with Gasteiger partial charge < -0.3 is 15.4 Å². The summed E-state index contributed by atoms with van der Waals surface area (Å²) < 4.78 is 5.09. The molecule has 0 aliphatic rings. The van der Waals surface area contributed by atoms with Gasteiger partial charge >= 0.3 is 0 Å². The molecule has 0 spiro atoms. The van der Waals surface area contributed by atoms with Crippen LogP contribution in [0, 0.1) is 5.92 Å². The van der Waals surface area contributed by atoms with Crippen molar-refractivity contribution < 1.29 is 9.53 Å². The lowest BCUT2D eigenvalue weighted by Gasteiger charge is -2.13. The van der Waals surface area contributed by atoms with Crippen LogP contribution in [0.1, 0.15) is 31.1 Å². The predicted octanol–water partition coefficient (Wildman–Crippen LogP) is 2.52. The van der Waals surface area contributed by atoms with Crippen LogP contribution in [0.15, 0.2) is 24.3 Å². The van der Waals surface area contributed by atoms with Crippen molar-refractivity contribution in [2.24, 2.45) is 5.92 Å². The van der Waals surface area contributed by atoms with Gasteiger partial charge in [0.2, 0.25) is 0 Å². The third-order valence-electron chi connectivity index (χ3n) is 2.67. The van der Waals surface area contributed by atoms with Crippen molar-refractivity contribution in [3.8, 4) is 0 Å². The Morgan fingerprint density at radius 2 is 1.84 bits per heavy atom. The summed E-state index contributed by atoms with van der Waals surface area (Å²) in [7, 11) is 1.71. The second-order valence-corrected chi connectivity index (χ2v) is 5.15. The molecule has 1 rings (SSSR count). The molecule has 1 aromatic rings. The van der Waals surface area contributed by atoms with E-state index in [2.05, 4.69) is 17.6 Å². The molecule has 19 heavy (non-hydrogen) atoms. The molecule has 0 aromatic heterocycles. The first kappa shape index (κ1) is 15.5. The fourth-order valence-corrected chi connectivity index (χ4v) is 1.72. The Bertz CT molecular complexity index is 388. The Hall–Kier alpha value is -1.55. The van der Waals surface area contributed by atoms with E-state index in [0.717, 1.165) is 18.8 Å². The highest BCUT2D eigenvalue weighted by molar-refractivity contribution is 5.94. The maximum atomic E-state index is 11.8. The Balaban J connectivity index is 2.49. The average Bonchev–Trinajstić information content (AvgIpc) is 2.36. The monoisotopic (exact) mass is 264 g/mol. The van der Waals surface area contributed by atoms with E-state index < -0.39 is 0 Å². The molecular formula is C15H24N2O2. The third kappa shape index (κ3) is 5.75. The molecule has 4 nitrogen and oxygen atoms in total. The van der Waals surface area contributed by atoms with Crippen molar-refractivity contribution in [3.05, 3.63) is 29.8 Å². The van der Waals surface area contributed by atoms with E-state index in [1.165, 1.54) is 0 Å². The second kappa shape index (κ2) is 7.79. The maximum Gasteiger partial charge on any atom is 0.251 e. The summed E-state index contributed by atoms with van der Waals surface area (Å²) in [6, 6.07) is 7.67. The third-order valence-corrected chi connectivity index (χ3v) is 2.67. The Morgan fingerprint density at radius 1 is 1.21 bits per heavy atom. The number of amides is 1. The predicted molar refractivity (Wildman–Crippen MR) is 78.6 cm³/mol. The van der Waals surface area contributed by atoms with Crippen molar-refractivity contribution in [1.29, 1.82) is 0 Å². The van der Waals surface area contributed by atoms with E-state index in [-0.39, 0.29) is 11.9 Å². The minimum atomic E-state index is -0.0331. The number of methoxy groups -OCH3 is 1. The van der Waals surface area contributed by atoms with E-state index in [1.54, 1.807) is 7.11 Å². The van der Waals surface area contributed by atoms with Crippen molar-refractivity contribution in [1.82, 2.24) is 5.32 Å². The number of carbonyl (C=O) groups is 1. The molecule has 1 aromatic carbocycles. The number of rotatable bonds is 7. The molecule has 0 saturated carbocycles. The fourth-order valence-electron chi connectivity index (χ4n) is 1.72. The largest absolute Gasteiger partial charge is 0.385 e. The van der Waals surface area contributed by atoms with Gasteiger partial charge in [-0.1, -0.05) is 6.92 Å². The summed E-state index contributed by atoms with van der Waals surface area (Å²) >= 11 is 0. The molecule has 1 unspecified atom stereocenters. The quantitative estimate of drug-likeness (QED) is 0.795. The number of hydrogen-bond acceptors (Lipinski definition) is 3. The molecule has 0 radical (unpaired) electrons. The molecule has 0 heterocycles. The minimum absolute atomic E-state index is 0.0331. The lowest BCUT2D eigenvalue weighted by molar-refractivity contribution is 0.0943. The summed E-state index contributed by atoms with van der Waals surface area (Å²) in [5.74, 6) is 0.420. The molecule has 2 N–H and O–H groups in total. The molecule has 0 aliphatic carbocycles. The first-order valence-electron chi connectivity index (χ1n) is 6.66. The van der Waals surface area contributed by atoms with E-state index in [4.69, 9.17) is 4.74 Å². The van der Waals surface area contributed by atoms with E-state index in [9.17, 15) is 4.79 Å². The van der Waals surface area contributed by atoms with Crippen LogP contribution in [0.2, 0.25) is 0 Å². The van der Waals surface area contributed by atoms with Gasteiger partial charge in [-0.05, 0) is 44.0 Å². The van der Waals surface area contributed by atoms with Gasteiger partial charge in [-0.3, -0.25) is 4.79 Å². The molecule has 1 atom stereocenters. The molecule has 106 valence electrons. The second-order valence-electron chi connectivity index (χ2n) is 5.15. The lowest BCUT2D eigenvalue weighted by Crippen LogP contribution is -2.29. The van der Waals surface area contributed by atoms with Gasteiger partial charge in [0.05, 0.1) is 6.61 Å². The molecule has 1 amide bonds. The summed E-state index contributed by atoms with van der Waals surface area (Å²) in [5.41, 5.74) is 1.70. The van der Waals surface area contributed by atoms with Gasteiger partial charge in [-0.15, -0.1) is 0 Å². The highest BCUT2D eigenvalue weighted by Crippen LogP contribution is 2.10. The van der Waals surface area contributed by atoms with Crippen LogP contribution in [-0.2, 0) is 4.74 Å². The van der Waals surface area contributed by atoms with Crippen LogP contribution in [0.5, 0.6) is 0 Å². The number of hydrogen-bond donors (Lipinski definition) is 2. The normalized spacial score (nSPS) is 12.3. The summed E-state index contributed by atoms with van der Waals surface area (Å²) in [5, 5.41) is 6.19. The highest BCUT2D eigenvalue weighted by Gasteiger charge is 2.06. The van der Waals surface area contributed by atoms with Gasteiger partial charge in [-0.25, -0.2) is 0 Å². The van der Waals surface area contributed by atoms with Crippen LogP contribution in [-0.4, -0.2) is 32.2 Å². The van der Waals surface area contributed by atoms with E-state index in [1.807, 2.05) is 38.1 Å². The standard InChI is InChI=1S/C15H24N2O2/c1-11(2)17-15(18)13-5-7-14(8-6-13)16-9-12(3)10-19-4/h5-8,11-12,16H,9-10H2,1-4H3,(H,17,18). The number of benzene rings is 1. The molecule has 0 fully saturated rings. The Kier molecular flexibility index (Phi) is 6.36. The average molecular weight is 264 g/mol. The smallest absolute Gasteiger partial charge is 0.251 e. The first-order valence-corrected chi connectivity index (χ1v) is 6.66.